The minimum atomic E-state index is -3.74. The third kappa shape index (κ3) is 3.86. The van der Waals surface area contributed by atoms with Crippen LogP contribution in [0, 0.1) is 13.8 Å². The van der Waals surface area contributed by atoms with E-state index in [1.165, 1.54) is 11.3 Å². The first-order chi connectivity index (χ1) is 11.9. The summed E-state index contributed by atoms with van der Waals surface area (Å²) in [6.07, 6.45) is 0. The van der Waals surface area contributed by atoms with Crippen LogP contribution in [-0.4, -0.2) is 45.5 Å². The Bertz CT molecular complexity index is 884. The molecule has 1 amide bonds. The predicted octanol–water partition coefficient (Wildman–Crippen LogP) is 2.64. The Morgan fingerprint density at radius 1 is 1.20 bits per heavy atom. The Labute approximate surface area is 151 Å². The zero-order valence-electron chi connectivity index (χ0n) is 14.1. The predicted molar refractivity (Wildman–Crippen MR) is 97.8 cm³/mol. The summed E-state index contributed by atoms with van der Waals surface area (Å²) in [6.45, 7) is 5.63. The van der Waals surface area contributed by atoms with E-state index in [1.807, 2.05) is 6.92 Å². The second-order valence-corrected chi connectivity index (χ2v) is 8.94. The molecule has 0 radical (unpaired) electrons. The number of anilines is 1. The number of amides is 1. The number of rotatable bonds is 4. The Morgan fingerprint density at radius 3 is 2.52 bits per heavy atom. The van der Waals surface area contributed by atoms with Crippen molar-refractivity contribution in [1.29, 1.82) is 0 Å². The van der Waals surface area contributed by atoms with E-state index in [1.54, 1.807) is 42.2 Å². The van der Waals surface area contributed by atoms with Crippen LogP contribution in [0.3, 0.4) is 0 Å². The lowest BCUT2D eigenvalue weighted by atomic mass is 10.1. The van der Waals surface area contributed by atoms with Gasteiger partial charge in [-0.3, -0.25) is 9.52 Å². The van der Waals surface area contributed by atoms with Gasteiger partial charge in [-0.15, -0.1) is 11.3 Å². The fourth-order valence-corrected chi connectivity index (χ4v) is 5.41. The van der Waals surface area contributed by atoms with Crippen LogP contribution in [0.5, 0.6) is 0 Å². The molecule has 1 aromatic heterocycles. The number of carbonyl (C=O) groups is 1. The molecule has 0 spiro atoms. The molecule has 1 fully saturated rings. The number of morpholine rings is 1. The molecule has 6 nitrogen and oxygen atoms in total. The van der Waals surface area contributed by atoms with Gasteiger partial charge in [-0.1, -0.05) is 12.1 Å². The summed E-state index contributed by atoms with van der Waals surface area (Å²) in [5.74, 6) is -0.195. The van der Waals surface area contributed by atoms with E-state index in [9.17, 15) is 13.2 Å². The van der Waals surface area contributed by atoms with Crippen LogP contribution in [-0.2, 0) is 14.8 Å². The van der Waals surface area contributed by atoms with E-state index >= 15 is 0 Å². The van der Waals surface area contributed by atoms with Crippen molar-refractivity contribution in [2.75, 3.05) is 31.0 Å². The Morgan fingerprint density at radius 2 is 1.88 bits per heavy atom. The van der Waals surface area contributed by atoms with Gasteiger partial charge >= 0.3 is 0 Å². The van der Waals surface area contributed by atoms with Crippen LogP contribution in [0.1, 0.15) is 20.1 Å². The maximum absolute atomic E-state index is 12.8. The van der Waals surface area contributed by atoms with Gasteiger partial charge in [0.05, 0.1) is 24.5 Å². The van der Waals surface area contributed by atoms with Gasteiger partial charge in [-0.25, -0.2) is 8.42 Å². The Kier molecular flexibility index (Phi) is 5.12. The van der Waals surface area contributed by atoms with Gasteiger partial charge in [0, 0.05) is 22.8 Å². The molecule has 2 aromatic rings. The van der Waals surface area contributed by atoms with Crippen molar-refractivity contribution in [3.05, 3.63) is 45.6 Å². The molecular weight excluding hydrogens is 360 g/mol. The minimum absolute atomic E-state index is 0.195. The molecule has 1 aromatic carbocycles. The quantitative estimate of drug-likeness (QED) is 0.885. The molecule has 1 N–H and O–H groups in total. The fraction of sp³-hybridized carbons (Fsp3) is 0.353. The van der Waals surface area contributed by atoms with E-state index in [-0.39, 0.29) is 10.8 Å². The number of nitrogens with zero attached hydrogens (tertiary/aromatic N) is 1. The summed E-state index contributed by atoms with van der Waals surface area (Å²) in [5, 5.41) is 0. The molecule has 134 valence electrons. The zero-order chi connectivity index (χ0) is 18.0. The highest BCUT2D eigenvalue weighted by Crippen LogP contribution is 2.28. The third-order valence-electron chi connectivity index (χ3n) is 3.99. The normalized spacial score (nSPS) is 15.2. The van der Waals surface area contributed by atoms with Crippen molar-refractivity contribution in [3.63, 3.8) is 0 Å². The van der Waals surface area contributed by atoms with Crippen molar-refractivity contribution in [2.45, 2.75) is 18.7 Å². The lowest BCUT2D eigenvalue weighted by Gasteiger charge is -2.27. The van der Waals surface area contributed by atoms with E-state index in [0.717, 1.165) is 9.75 Å². The number of benzene rings is 1. The number of sulfonamides is 1. The summed E-state index contributed by atoms with van der Waals surface area (Å²) in [7, 11) is -3.74. The lowest BCUT2D eigenvalue weighted by Crippen LogP contribution is -2.41. The summed E-state index contributed by atoms with van der Waals surface area (Å²) in [4.78, 5) is 16.3. The number of hydrogen-bond acceptors (Lipinski definition) is 5. The first kappa shape index (κ1) is 17.9. The Hall–Kier alpha value is -1.90. The van der Waals surface area contributed by atoms with Crippen molar-refractivity contribution in [1.82, 2.24) is 4.90 Å². The number of carbonyl (C=O) groups excluding carboxylic acids is 1. The van der Waals surface area contributed by atoms with Gasteiger partial charge in [0.2, 0.25) is 0 Å². The van der Waals surface area contributed by atoms with Crippen molar-refractivity contribution >= 4 is 33.0 Å². The van der Waals surface area contributed by atoms with Crippen LogP contribution in [0.4, 0.5) is 5.69 Å². The molecule has 1 saturated heterocycles. The molecule has 3 rings (SSSR count). The third-order valence-corrected chi connectivity index (χ3v) is 6.57. The highest BCUT2D eigenvalue weighted by Gasteiger charge is 2.24. The molecule has 25 heavy (non-hydrogen) atoms. The summed E-state index contributed by atoms with van der Waals surface area (Å²) < 4.78 is 33.3. The first-order valence-electron chi connectivity index (χ1n) is 7.94. The molecule has 1 aliphatic rings. The molecular formula is C17H20N2O4S2. The van der Waals surface area contributed by atoms with E-state index in [4.69, 9.17) is 4.74 Å². The SMILES string of the molecule is Cc1cc(S(=O)(=O)Nc2ccccc2C(=O)N2CCOCC2)c(C)s1. The van der Waals surface area contributed by atoms with E-state index < -0.39 is 10.0 Å². The number of nitrogens with one attached hydrogen (secondary N) is 1. The Balaban J connectivity index is 1.90. The molecule has 0 bridgehead atoms. The summed E-state index contributed by atoms with van der Waals surface area (Å²) in [5.41, 5.74) is 0.639. The number of hydrogen-bond donors (Lipinski definition) is 1. The van der Waals surface area contributed by atoms with Crippen LogP contribution in [0.25, 0.3) is 0 Å². The second kappa shape index (κ2) is 7.15. The maximum atomic E-state index is 12.8. The smallest absolute Gasteiger partial charge is 0.263 e. The van der Waals surface area contributed by atoms with Gasteiger partial charge in [0.15, 0.2) is 0 Å². The molecule has 0 unspecified atom stereocenters. The highest BCUT2D eigenvalue weighted by molar-refractivity contribution is 7.93. The van der Waals surface area contributed by atoms with E-state index in [0.29, 0.717) is 37.6 Å². The van der Waals surface area contributed by atoms with Crippen LogP contribution in [0.15, 0.2) is 35.2 Å². The number of ether oxygens (including phenoxy) is 1. The summed E-state index contributed by atoms with van der Waals surface area (Å²) in [6, 6.07) is 8.33. The van der Waals surface area contributed by atoms with Gasteiger partial charge in [-0.2, -0.15) is 0 Å². The van der Waals surface area contributed by atoms with E-state index in [2.05, 4.69) is 4.72 Å². The second-order valence-electron chi connectivity index (χ2n) is 5.83. The molecule has 8 heteroatoms. The fourth-order valence-electron chi connectivity index (χ4n) is 2.77. The molecule has 0 aliphatic carbocycles. The topological polar surface area (TPSA) is 75.7 Å². The van der Waals surface area contributed by atoms with Crippen molar-refractivity contribution in [2.24, 2.45) is 0 Å². The van der Waals surface area contributed by atoms with Gasteiger partial charge in [0.25, 0.3) is 15.9 Å². The van der Waals surface area contributed by atoms with Gasteiger partial charge < -0.3 is 9.64 Å². The van der Waals surface area contributed by atoms with Crippen molar-refractivity contribution < 1.29 is 17.9 Å². The average Bonchev–Trinajstić information content (AvgIpc) is 2.94. The lowest BCUT2D eigenvalue weighted by molar-refractivity contribution is 0.0303. The minimum Gasteiger partial charge on any atom is -0.378 e. The average molecular weight is 380 g/mol. The molecule has 2 heterocycles. The zero-order valence-corrected chi connectivity index (χ0v) is 15.7. The molecule has 0 atom stereocenters. The number of aryl methyl sites for hydroxylation is 2. The number of thiophene rings is 1. The monoisotopic (exact) mass is 380 g/mol. The van der Waals surface area contributed by atoms with Crippen LogP contribution in [0.2, 0.25) is 0 Å². The maximum Gasteiger partial charge on any atom is 0.263 e. The number of para-hydroxylation sites is 1. The molecule has 1 aliphatic heterocycles. The van der Waals surface area contributed by atoms with Crippen LogP contribution < -0.4 is 4.72 Å². The van der Waals surface area contributed by atoms with Gasteiger partial charge in [-0.05, 0) is 32.0 Å². The van der Waals surface area contributed by atoms with Crippen molar-refractivity contribution in [3.8, 4) is 0 Å². The first-order valence-corrected chi connectivity index (χ1v) is 10.2. The van der Waals surface area contributed by atoms with Crippen LogP contribution >= 0.6 is 11.3 Å². The summed E-state index contributed by atoms with van der Waals surface area (Å²) >= 11 is 1.43. The standard InChI is InChI=1S/C17H20N2O4S2/c1-12-11-16(13(2)24-12)25(21,22)18-15-6-4-3-5-14(15)17(20)19-7-9-23-10-8-19/h3-6,11,18H,7-10H2,1-2H3. The van der Waals surface area contributed by atoms with Gasteiger partial charge in [0.1, 0.15) is 4.90 Å². The largest absolute Gasteiger partial charge is 0.378 e. The molecule has 0 saturated carbocycles. The highest BCUT2D eigenvalue weighted by atomic mass is 32.2.